The third kappa shape index (κ3) is 1.93. The lowest BCUT2D eigenvalue weighted by atomic mass is 10.0. The lowest BCUT2D eigenvalue weighted by molar-refractivity contribution is 0.112. The molecule has 20 heavy (non-hydrogen) atoms. The third-order valence-electron chi connectivity index (χ3n) is 3.80. The summed E-state index contributed by atoms with van der Waals surface area (Å²) < 4.78 is 0. The molecule has 0 bridgehead atoms. The first-order valence-corrected chi connectivity index (χ1v) is 6.82. The number of nitrogens with one attached hydrogen (secondary N) is 1. The minimum Gasteiger partial charge on any atom is -0.354 e. The van der Waals surface area contributed by atoms with E-state index in [2.05, 4.69) is 18.8 Å². The molecule has 0 fully saturated rings. The molecule has 0 aliphatic rings. The summed E-state index contributed by atoms with van der Waals surface area (Å²) in [7, 11) is 0. The predicted octanol–water partition coefficient (Wildman–Crippen LogP) is 4.92. The summed E-state index contributed by atoms with van der Waals surface area (Å²) in [6.45, 7) is 4.13. The molecule has 0 aliphatic heterocycles. The number of aldehydes is 1. The van der Waals surface area contributed by atoms with Gasteiger partial charge in [0.2, 0.25) is 0 Å². The molecule has 3 aromatic rings. The van der Waals surface area contributed by atoms with Gasteiger partial charge in [0, 0.05) is 21.5 Å². The second-order valence-corrected chi connectivity index (χ2v) is 5.40. The summed E-state index contributed by atoms with van der Waals surface area (Å²) in [4.78, 5) is 14.9. The van der Waals surface area contributed by atoms with Crippen LogP contribution in [0.25, 0.3) is 22.2 Å². The summed E-state index contributed by atoms with van der Waals surface area (Å²) in [5.74, 6) is 0. The van der Waals surface area contributed by atoms with Crippen LogP contribution in [-0.4, -0.2) is 11.3 Å². The molecular formula is C17H14ClNO. The van der Waals surface area contributed by atoms with Crippen LogP contribution >= 0.6 is 11.6 Å². The van der Waals surface area contributed by atoms with Crippen LogP contribution < -0.4 is 0 Å². The van der Waals surface area contributed by atoms with Crippen LogP contribution in [0, 0.1) is 13.8 Å². The number of aromatic amines is 1. The Morgan fingerprint density at radius 3 is 2.40 bits per heavy atom. The van der Waals surface area contributed by atoms with Crippen LogP contribution in [0.15, 0.2) is 36.4 Å². The van der Waals surface area contributed by atoms with Crippen LogP contribution in [0.3, 0.4) is 0 Å². The number of carbonyl (C=O) groups excluding carboxylic acids is 1. The Morgan fingerprint density at radius 1 is 1.05 bits per heavy atom. The fraction of sp³-hybridized carbons (Fsp3) is 0.118. The number of aryl methyl sites for hydroxylation is 2. The van der Waals surface area contributed by atoms with Crippen molar-refractivity contribution in [2.75, 3.05) is 0 Å². The Labute approximate surface area is 122 Å². The molecule has 0 atom stereocenters. The largest absolute Gasteiger partial charge is 0.354 e. The van der Waals surface area contributed by atoms with Gasteiger partial charge in [-0.2, -0.15) is 0 Å². The first-order chi connectivity index (χ1) is 9.61. The van der Waals surface area contributed by atoms with Crippen molar-refractivity contribution in [3.63, 3.8) is 0 Å². The Bertz CT molecular complexity index is 800. The van der Waals surface area contributed by atoms with Gasteiger partial charge in [0.15, 0.2) is 6.29 Å². The summed E-state index contributed by atoms with van der Waals surface area (Å²) in [5, 5.41) is 1.65. The average Bonchev–Trinajstić information content (AvgIpc) is 2.83. The maximum atomic E-state index is 11.5. The number of rotatable bonds is 2. The minimum atomic E-state index is 0.685. The highest BCUT2D eigenvalue weighted by Crippen LogP contribution is 2.32. The zero-order valence-electron chi connectivity index (χ0n) is 11.3. The van der Waals surface area contributed by atoms with E-state index in [1.807, 2.05) is 36.4 Å². The van der Waals surface area contributed by atoms with Gasteiger partial charge in [-0.3, -0.25) is 4.79 Å². The molecule has 0 unspecified atom stereocenters. The number of benzene rings is 2. The SMILES string of the molecule is Cc1ccc2c(C=O)c(-c3ccc(Cl)cc3)[nH]c2c1C. The molecule has 3 rings (SSSR count). The molecule has 0 aliphatic carbocycles. The summed E-state index contributed by atoms with van der Waals surface area (Å²) in [6.07, 6.45) is 0.914. The molecule has 3 heteroatoms. The van der Waals surface area contributed by atoms with Gasteiger partial charge in [-0.05, 0) is 42.7 Å². The number of hydrogen-bond donors (Lipinski definition) is 1. The van der Waals surface area contributed by atoms with E-state index >= 15 is 0 Å². The lowest BCUT2D eigenvalue weighted by Crippen LogP contribution is -1.84. The maximum Gasteiger partial charge on any atom is 0.152 e. The smallest absolute Gasteiger partial charge is 0.152 e. The van der Waals surface area contributed by atoms with Gasteiger partial charge in [-0.15, -0.1) is 0 Å². The molecule has 0 amide bonds. The van der Waals surface area contributed by atoms with Gasteiger partial charge >= 0.3 is 0 Å². The third-order valence-corrected chi connectivity index (χ3v) is 4.05. The average molecular weight is 284 g/mol. The number of carbonyl (C=O) groups is 1. The Morgan fingerprint density at radius 2 is 1.75 bits per heavy atom. The van der Waals surface area contributed by atoms with Gasteiger partial charge in [0.05, 0.1) is 5.69 Å². The number of fused-ring (bicyclic) bond motifs is 1. The predicted molar refractivity (Wildman–Crippen MR) is 83.6 cm³/mol. The molecule has 2 nitrogen and oxygen atoms in total. The molecule has 0 spiro atoms. The quantitative estimate of drug-likeness (QED) is 0.666. The first kappa shape index (κ1) is 12.9. The second-order valence-electron chi connectivity index (χ2n) is 4.97. The van der Waals surface area contributed by atoms with Gasteiger partial charge in [-0.1, -0.05) is 35.9 Å². The normalized spacial score (nSPS) is 10.9. The maximum absolute atomic E-state index is 11.5. The fourth-order valence-corrected chi connectivity index (χ4v) is 2.62. The molecular weight excluding hydrogens is 270 g/mol. The Kier molecular flexibility index (Phi) is 3.11. The topological polar surface area (TPSA) is 32.9 Å². The van der Waals surface area contributed by atoms with Crippen LogP contribution in [0.1, 0.15) is 21.5 Å². The number of halogens is 1. The molecule has 0 radical (unpaired) electrons. The summed E-state index contributed by atoms with van der Waals surface area (Å²) in [5.41, 5.74) is 5.91. The lowest BCUT2D eigenvalue weighted by Gasteiger charge is -2.00. The van der Waals surface area contributed by atoms with Crippen LogP contribution in [-0.2, 0) is 0 Å². The van der Waals surface area contributed by atoms with Crippen molar-refractivity contribution in [3.8, 4) is 11.3 Å². The molecule has 1 N–H and O–H groups in total. The van der Waals surface area contributed by atoms with E-state index in [1.54, 1.807) is 0 Å². The fourth-order valence-electron chi connectivity index (χ4n) is 2.50. The van der Waals surface area contributed by atoms with Gasteiger partial charge in [0.25, 0.3) is 0 Å². The first-order valence-electron chi connectivity index (χ1n) is 6.45. The van der Waals surface area contributed by atoms with Gasteiger partial charge in [0.1, 0.15) is 0 Å². The van der Waals surface area contributed by atoms with Crippen molar-refractivity contribution in [2.45, 2.75) is 13.8 Å². The van der Waals surface area contributed by atoms with Gasteiger partial charge in [-0.25, -0.2) is 0 Å². The second kappa shape index (κ2) is 4.80. The molecule has 1 heterocycles. The highest BCUT2D eigenvalue weighted by molar-refractivity contribution is 6.30. The molecule has 0 saturated heterocycles. The van der Waals surface area contributed by atoms with E-state index in [0.717, 1.165) is 28.4 Å². The van der Waals surface area contributed by atoms with Crippen molar-refractivity contribution < 1.29 is 4.79 Å². The summed E-state index contributed by atoms with van der Waals surface area (Å²) in [6, 6.07) is 11.5. The van der Waals surface area contributed by atoms with E-state index in [9.17, 15) is 4.79 Å². The van der Waals surface area contributed by atoms with Crippen molar-refractivity contribution in [1.29, 1.82) is 0 Å². The van der Waals surface area contributed by atoms with Crippen LogP contribution in [0.4, 0.5) is 0 Å². The zero-order valence-corrected chi connectivity index (χ0v) is 12.1. The molecule has 2 aromatic carbocycles. The van der Waals surface area contributed by atoms with E-state index in [0.29, 0.717) is 10.6 Å². The monoisotopic (exact) mass is 283 g/mol. The van der Waals surface area contributed by atoms with Crippen molar-refractivity contribution in [3.05, 3.63) is 58.1 Å². The van der Waals surface area contributed by atoms with E-state index in [4.69, 9.17) is 11.6 Å². The van der Waals surface area contributed by atoms with Crippen molar-refractivity contribution >= 4 is 28.8 Å². The number of aromatic nitrogens is 1. The van der Waals surface area contributed by atoms with Crippen LogP contribution in [0.2, 0.25) is 5.02 Å². The number of H-pyrrole nitrogens is 1. The molecule has 0 saturated carbocycles. The van der Waals surface area contributed by atoms with Gasteiger partial charge < -0.3 is 4.98 Å². The summed E-state index contributed by atoms with van der Waals surface area (Å²) >= 11 is 5.92. The van der Waals surface area contributed by atoms with E-state index in [-0.39, 0.29) is 0 Å². The Balaban J connectivity index is 2.33. The van der Waals surface area contributed by atoms with Crippen molar-refractivity contribution in [1.82, 2.24) is 4.98 Å². The zero-order chi connectivity index (χ0) is 14.3. The van der Waals surface area contributed by atoms with E-state index in [1.165, 1.54) is 11.1 Å². The standard InChI is InChI=1S/C17H14ClNO/c1-10-3-8-14-15(9-20)17(19-16(14)11(10)2)12-4-6-13(18)7-5-12/h3-9,19H,1-2H3. The minimum absolute atomic E-state index is 0.685. The highest BCUT2D eigenvalue weighted by atomic mass is 35.5. The molecule has 100 valence electrons. The van der Waals surface area contributed by atoms with Crippen molar-refractivity contribution in [2.24, 2.45) is 0 Å². The number of hydrogen-bond acceptors (Lipinski definition) is 1. The molecule has 1 aromatic heterocycles. The van der Waals surface area contributed by atoms with E-state index < -0.39 is 0 Å². The Hall–Kier alpha value is -2.06. The highest BCUT2D eigenvalue weighted by Gasteiger charge is 2.14. The van der Waals surface area contributed by atoms with Crippen LogP contribution in [0.5, 0.6) is 0 Å².